The molecule has 1 aliphatic heterocycles. The van der Waals surface area contributed by atoms with Gasteiger partial charge in [0.1, 0.15) is 11.9 Å². The van der Waals surface area contributed by atoms with E-state index >= 15 is 0 Å². The maximum Gasteiger partial charge on any atom is 0.205 e. The molecule has 0 N–H and O–H groups in total. The zero-order chi connectivity index (χ0) is 17.9. The van der Waals surface area contributed by atoms with Gasteiger partial charge in [0, 0.05) is 49.1 Å². The van der Waals surface area contributed by atoms with Gasteiger partial charge in [-0.05, 0) is 12.1 Å². The number of benzene rings is 2. The Hall–Kier alpha value is -2.54. The molecule has 0 spiro atoms. The summed E-state index contributed by atoms with van der Waals surface area (Å²) in [5.41, 5.74) is 1.00. The number of nitrogens with zero attached hydrogens (tertiary/aromatic N) is 3. The predicted molar refractivity (Wildman–Crippen MR) is 97.6 cm³/mol. The molecule has 7 heteroatoms. The van der Waals surface area contributed by atoms with Crippen LogP contribution in [0.25, 0.3) is 11.4 Å². The third kappa shape index (κ3) is 3.67. The van der Waals surface area contributed by atoms with Gasteiger partial charge in [-0.3, -0.25) is 0 Å². The zero-order valence-corrected chi connectivity index (χ0v) is 14.8. The van der Waals surface area contributed by atoms with Crippen LogP contribution in [-0.2, 0) is 0 Å². The van der Waals surface area contributed by atoms with Crippen molar-refractivity contribution in [3.05, 3.63) is 60.2 Å². The average Bonchev–Trinajstić information content (AvgIpc) is 3.16. The molecule has 1 fully saturated rings. The molecule has 0 unspecified atom stereocenters. The summed E-state index contributed by atoms with van der Waals surface area (Å²) in [6.07, 6.45) is 1.40. The molecule has 134 valence electrons. The zero-order valence-electron chi connectivity index (χ0n) is 13.9. The highest BCUT2D eigenvalue weighted by Gasteiger charge is 2.24. The maximum absolute atomic E-state index is 13.7. The van der Waals surface area contributed by atoms with Gasteiger partial charge in [0.05, 0.1) is 0 Å². The van der Waals surface area contributed by atoms with E-state index in [0.29, 0.717) is 0 Å². The first kappa shape index (κ1) is 16.9. The van der Waals surface area contributed by atoms with Crippen molar-refractivity contribution in [1.29, 1.82) is 0 Å². The van der Waals surface area contributed by atoms with Gasteiger partial charge in [0.25, 0.3) is 0 Å². The molecule has 1 aliphatic rings. The number of hydrogen-bond donors (Lipinski definition) is 0. The van der Waals surface area contributed by atoms with Crippen LogP contribution < -0.4 is 9.64 Å². The van der Waals surface area contributed by atoms with E-state index in [1.165, 1.54) is 23.7 Å². The van der Waals surface area contributed by atoms with Crippen molar-refractivity contribution >= 4 is 16.7 Å². The molecule has 2 heterocycles. The molecule has 0 aliphatic carbocycles. The van der Waals surface area contributed by atoms with Gasteiger partial charge < -0.3 is 9.64 Å². The number of aromatic nitrogens is 2. The van der Waals surface area contributed by atoms with Crippen molar-refractivity contribution in [2.75, 3.05) is 18.0 Å². The predicted octanol–water partition coefficient (Wildman–Crippen LogP) is 4.53. The minimum atomic E-state index is -0.663. The first-order valence-corrected chi connectivity index (χ1v) is 9.22. The highest BCUT2D eigenvalue weighted by atomic mass is 32.1. The topological polar surface area (TPSA) is 38.2 Å². The summed E-state index contributed by atoms with van der Waals surface area (Å²) in [5, 5.41) is 0.885. The van der Waals surface area contributed by atoms with Gasteiger partial charge in [-0.15, -0.1) is 0 Å². The fraction of sp³-hybridized carbons (Fsp3) is 0.263. The molecule has 0 bridgehead atoms. The molecule has 0 saturated carbocycles. The number of rotatable bonds is 4. The minimum absolute atomic E-state index is 0.0901. The van der Waals surface area contributed by atoms with Crippen LogP contribution in [0.3, 0.4) is 0 Å². The fourth-order valence-corrected chi connectivity index (χ4v) is 3.70. The maximum atomic E-state index is 13.7. The summed E-state index contributed by atoms with van der Waals surface area (Å²) < 4.78 is 36.8. The van der Waals surface area contributed by atoms with Gasteiger partial charge in [0.15, 0.2) is 17.4 Å². The molecular weight excluding hydrogens is 356 g/mol. The molecule has 0 amide bonds. The smallest absolute Gasteiger partial charge is 0.205 e. The summed E-state index contributed by atoms with van der Waals surface area (Å²) >= 11 is 1.38. The van der Waals surface area contributed by atoms with E-state index < -0.39 is 11.6 Å². The Balaban J connectivity index is 1.37. The third-order valence-corrected chi connectivity index (χ3v) is 5.12. The van der Waals surface area contributed by atoms with Gasteiger partial charge in [-0.2, -0.15) is 9.36 Å². The second kappa shape index (κ2) is 7.37. The molecule has 3 aromatic rings. The van der Waals surface area contributed by atoms with Gasteiger partial charge in [0.2, 0.25) is 5.13 Å². The van der Waals surface area contributed by atoms with Crippen LogP contribution in [0.15, 0.2) is 48.5 Å². The van der Waals surface area contributed by atoms with E-state index in [-0.39, 0.29) is 11.9 Å². The Morgan fingerprint density at radius 3 is 2.54 bits per heavy atom. The summed E-state index contributed by atoms with van der Waals surface area (Å²) in [5.74, 6) is -0.427. The summed E-state index contributed by atoms with van der Waals surface area (Å²) in [4.78, 5) is 6.80. The largest absolute Gasteiger partial charge is 0.487 e. The molecular formula is C19H17F2N3OS. The fourth-order valence-electron chi connectivity index (χ4n) is 2.96. The van der Waals surface area contributed by atoms with Gasteiger partial charge in [-0.25, -0.2) is 8.78 Å². The lowest BCUT2D eigenvalue weighted by molar-refractivity contribution is 0.163. The molecule has 4 nitrogen and oxygen atoms in total. The molecule has 0 atom stereocenters. The van der Waals surface area contributed by atoms with Crippen LogP contribution in [0.5, 0.6) is 5.75 Å². The Kier molecular flexibility index (Phi) is 4.79. The van der Waals surface area contributed by atoms with E-state index in [9.17, 15) is 8.78 Å². The highest BCUT2D eigenvalue weighted by molar-refractivity contribution is 7.09. The lowest BCUT2D eigenvalue weighted by atomic mass is 10.1. The number of anilines is 1. The Morgan fingerprint density at radius 2 is 1.81 bits per heavy atom. The van der Waals surface area contributed by atoms with Crippen molar-refractivity contribution in [3.63, 3.8) is 0 Å². The lowest BCUT2D eigenvalue weighted by Gasteiger charge is -2.31. The van der Waals surface area contributed by atoms with Crippen molar-refractivity contribution in [2.24, 2.45) is 0 Å². The standard InChI is InChI=1S/C19H17F2N3OS/c20-14-6-7-17(16(21)12-14)25-15-8-10-24(11-9-15)19-22-18(23-26-19)13-4-2-1-3-5-13/h1-7,12,15H,8-11H2. The summed E-state index contributed by atoms with van der Waals surface area (Å²) in [7, 11) is 0. The number of ether oxygens (including phenoxy) is 1. The first-order chi connectivity index (χ1) is 12.7. The Bertz CT molecular complexity index is 880. The van der Waals surface area contributed by atoms with E-state index in [1.807, 2.05) is 30.3 Å². The van der Waals surface area contributed by atoms with Crippen LogP contribution >= 0.6 is 11.5 Å². The number of halogens is 2. The minimum Gasteiger partial charge on any atom is -0.487 e. The third-order valence-electron chi connectivity index (χ3n) is 4.35. The lowest BCUT2D eigenvalue weighted by Crippen LogP contribution is -2.38. The van der Waals surface area contributed by atoms with Crippen molar-refractivity contribution < 1.29 is 13.5 Å². The molecule has 1 saturated heterocycles. The molecule has 0 radical (unpaired) electrons. The van der Waals surface area contributed by atoms with Crippen LogP contribution in [-0.4, -0.2) is 28.6 Å². The Labute approximate surface area is 154 Å². The van der Waals surface area contributed by atoms with Gasteiger partial charge in [-0.1, -0.05) is 30.3 Å². The van der Waals surface area contributed by atoms with Crippen LogP contribution in [0.1, 0.15) is 12.8 Å². The number of piperidine rings is 1. The van der Waals surface area contributed by atoms with Crippen molar-refractivity contribution in [2.45, 2.75) is 18.9 Å². The number of hydrogen-bond acceptors (Lipinski definition) is 5. The second-order valence-electron chi connectivity index (χ2n) is 6.15. The van der Waals surface area contributed by atoms with Crippen molar-refractivity contribution in [3.8, 4) is 17.1 Å². The molecule has 2 aromatic carbocycles. The average molecular weight is 373 g/mol. The van der Waals surface area contributed by atoms with E-state index in [4.69, 9.17) is 4.74 Å². The normalized spacial score (nSPS) is 15.2. The summed E-state index contributed by atoms with van der Waals surface area (Å²) in [6.45, 7) is 1.52. The highest BCUT2D eigenvalue weighted by Crippen LogP contribution is 2.28. The second-order valence-corrected chi connectivity index (χ2v) is 6.88. The molecule has 4 rings (SSSR count). The van der Waals surface area contributed by atoms with Crippen LogP contribution in [0, 0.1) is 11.6 Å². The molecule has 26 heavy (non-hydrogen) atoms. The molecule has 1 aromatic heterocycles. The van der Waals surface area contributed by atoms with Gasteiger partial charge >= 0.3 is 0 Å². The first-order valence-electron chi connectivity index (χ1n) is 8.45. The quantitative estimate of drug-likeness (QED) is 0.673. The SMILES string of the molecule is Fc1ccc(OC2CCN(c3nc(-c4ccccc4)ns3)CC2)c(F)c1. The Morgan fingerprint density at radius 1 is 1.04 bits per heavy atom. The van der Waals surface area contributed by atoms with Crippen LogP contribution in [0.2, 0.25) is 0 Å². The van der Waals surface area contributed by atoms with Crippen LogP contribution in [0.4, 0.5) is 13.9 Å². The van der Waals surface area contributed by atoms with E-state index in [0.717, 1.165) is 48.5 Å². The van der Waals surface area contributed by atoms with E-state index in [1.54, 1.807) is 0 Å². The summed E-state index contributed by atoms with van der Waals surface area (Å²) in [6, 6.07) is 13.3. The van der Waals surface area contributed by atoms with E-state index in [2.05, 4.69) is 14.3 Å². The monoisotopic (exact) mass is 373 g/mol. The van der Waals surface area contributed by atoms with Crippen molar-refractivity contribution in [1.82, 2.24) is 9.36 Å².